The van der Waals surface area contributed by atoms with Gasteiger partial charge in [-0.2, -0.15) is 4.31 Å². The van der Waals surface area contributed by atoms with Gasteiger partial charge in [-0.3, -0.25) is 4.79 Å². The van der Waals surface area contributed by atoms with Gasteiger partial charge in [-0.1, -0.05) is 6.92 Å². The number of rotatable bonds is 6. The van der Waals surface area contributed by atoms with E-state index in [1.54, 1.807) is 0 Å². The summed E-state index contributed by atoms with van der Waals surface area (Å²) in [6.07, 6.45) is 0.750. The van der Waals surface area contributed by atoms with Crippen molar-refractivity contribution in [1.29, 1.82) is 0 Å². The molecular weight excluding hydrogens is 365 g/mol. The molecule has 1 amide bonds. The van der Waals surface area contributed by atoms with E-state index < -0.39 is 21.7 Å². The zero-order valence-corrected chi connectivity index (χ0v) is 14.1. The third-order valence-corrected chi connectivity index (χ3v) is 5.15. The largest absolute Gasteiger partial charge is 0.398 e. The number of nitrogens with two attached hydrogens (primary N) is 1. The molecule has 0 aromatic heterocycles. The van der Waals surface area contributed by atoms with Crippen molar-refractivity contribution >= 4 is 37.5 Å². The molecule has 0 spiro atoms. The number of nitrogens with one attached hydrogen (secondary N) is 1. The number of halogens is 2. The van der Waals surface area contributed by atoms with Gasteiger partial charge in [-0.05, 0) is 34.5 Å². The molecule has 0 bridgehead atoms. The maximum absolute atomic E-state index is 13.3. The number of benzene rings is 1. The van der Waals surface area contributed by atoms with Gasteiger partial charge in [0.05, 0.1) is 16.7 Å². The summed E-state index contributed by atoms with van der Waals surface area (Å²) < 4.78 is 38.9. The Hall–Kier alpha value is -1.19. The number of anilines is 1. The number of amides is 1. The highest BCUT2D eigenvalue weighted by molar-refractivity contribution is 9.10. The van der Waals surface area contributed by atoms with E-state index >= 15 is 0 Å². The second-order valence-electron chi connectivity index (χ2n) is 4.42. The van der Waals surface area contributed by atoms with Crippen LogP contribution in [-0.2, 0) is 14.8 Å². The fourth-order valence-electron chi connectivity index (χ4n) is 1.54. The molecule has 3 N–H and O–H groups in total. The lowest BCUT2D eigenvalue weighted by Gasteiger charge is -2.18. The van der Waals surface area contributed by atoms with Gasteiger partial charge < -0.3 is 11.1 Å². The van der Waals surface area contributed by atoms with E-state index in [0.717, 1.165) is 22.9 Å². The smallest absolute Gasteiger partial charge is 0.245 e. The van der Waals surface area contributed by atoms with Gasteiger partial charge in [0, 0.05) is 13.6 Å². The highest BCUT2D eigenvalue weighted by Crippen LogP contribution is 2.27. The average molecular weight is 382 g/mol. The number of carbonyl (C=O) groups excluding carboxylic acids is 1. The molecule has 1 aromatic carbocycles. The number of nitrogen functional groups attached to an aromatic ring is 1. The minimum absolute atomic E-state index is 0.0147. The van der Waals surface area contributed by atoms with Crippen molar-refractivity contribution in [1.82, 2.24) is 9.62 Å². The molecule has 0 fully saturated rings. The Morgan fingerprint density at radius 1 is 1.48 bits per heavy atom. The first-order chi connectivity index (χ1) is 9.70. The van der Waals surface area contributed by atoms with Crippen molar-refractivity contribution in [3.05, 3.63) is 22.4 Å². The first-order valence-corrected chi connectivity index (χ1v) is 8.41. The van der Waals surface area contributed by atoms with Crippen LogP contribution in [0.2, 0.25) is 0 Å². The lowest BCUT2D eigenvalue weighted by Crippen LogP contribution is -2.38. The average Bonchev–Trinajstić information content (AvgIpc) is 2.40. The van der Waals surface area contributed by atoms with E-state index in [2.05, 4.69) is 21.2 Å². The fraction of sp³-hybridized carbons (Fsp3) is 0.417. The van der Waals surface area contributed by atoms with E-state index in [-0.39, 0.29) is 21.6 Å². The van der Waals surface area contributed by atoms with E-state index in [1.165, 1.54) is 7.05 Å². The summed E-state index contributed by atoms with van der Waals surface area (Å²) in [5.74, 6) is -1.07. The van der Waals surface area contributed by atoms with Crippen molar-refractivity contribution in [2.75, 3.05) is 25.9 Å². The number of nitrogens with zero attached hydrogens (tertiary/aromatic N) is 1. The first-order valence-electron chi connectivity index (χ1n) is 6.17. The normalized spacial score (nSPS) is 11.7. The van der Waals surface area contributed by atoms with E-state index in [4.69, 9.17) is 5.73 Å². The highest BCUT2D eigenvalue weighted by Gasteiger charge is 2.26. The summed E-state index contributed by atoms with van der Waals surface area (Å²) in [5, 5.41) is 2.58. The van der Waals surface area contributed by atoms with Crippen LogP contribution in [0.3, 0.4) is 0 Å². The number of sulfonamides is 1. The molecule has 118 valence electrons. The van der Waals surface area contributed by atoms with Crippen LogP contribution in [0.4, 0.5) is 10.1 Å². The standard InChI is InChI=1S/C12H17BrFN3O3S/c1-3-4-16-12(18)7-17(2)21(19,20)11-5-8(13)9(14)6-10(11)15/h5-6H,3-4,7,15H2,1-2H3,(H,16,18). The predicted molar refractivity (Wildman–Crippen MR) is 81.6 cm³/mol. The summed E-state index contributed by atoms with van der Waals surface area (Å²) in [6, 6.07) is 2.00. The molecule has 21 heavy (non-hydrogen) atoms. The minimum Gasteiger partial charge on any atom is -0.398 e. The van der Waals surface area contributed by atoms with Gasteiger partial charge in [-0.15, -0.1) is 0 Å². The van der Waals surface area contributed by atoms with Crippen LogP contribution in [0, 0.1) is 5.82 Å². The van der Waals surface area contributed by atoms with E-state index in [9.17, 15) is 17.6 Å². The molecule has 1 rings (SSSR count). The highest BCUT2D eigenvalue weighted by atomic mass is 79.9. The van der Waals surface area contributed by atoms with E-state index in [0.29, 0.717) is 6.54 Å². The van der Waals surface area contributed by atoms with Gasteiger partial charge in [0.15, 0.2) is 0 Å². The molecule has 6 nitrogen and oxygen atoms in total. The Morgan fingerprint density at radius 2 is 2.10 bits per heavy atom. The molecule has 0 saturated heterocycles. The number of likely N-dealkylation sites (N-methyl/N-ethyl adjacent to an activating group) is 1. The molecule has 0 aliphatic carbocycles. The SMILES string of the molecule is CCCNC(=O)CN(C)S(=O)(=O)c1cc(Br)c(F)cc1N. The fourth-order valence-corrected chi connectivity index (χ4v) is 3.28. The molecule has 0 heterocycles. The first kappa shape index (κ1) is 17.9. The monoisotopic (exact) mass is 381 g/mol. The third kappa shape index (κ3) is 4.39. The Kier molecular flexibility index (Phi) is 6.11. The molecule has 0 atom stereocenters. The predicted octanol–water partition coefficient (Wildman–Crippen LogP) is 1.32. The van der Waals surface area contributed by atoms with Crippen molar-refractivity contribution in [2.24, 2.45) is 0 Å². The van der Waals surface area contributed by atoms with Crippen LogP contribution < -0.4 is 11.1 Å². The van der Waals surface area contributed by atoms with Crippen LogP contribution in [0.15, 0.2) is 21.5 Å². The Morgan fingerprint density at radius 3 is 2.67 bits per heavy atom. The Balaban J connectivity index is 3.00. The van der Waals surface area contributed by atoms with Gasteiger partial charge in [0.25, 0.3) is 0 Å². The maximum atomic E-state index is 13.3. The van der Waals surface area contributed by atoms with Crippen LogP contribution in [-0.4, -0.2) is 38.8 Å². The van der Waals surface area contributed by atoms with Gasteiger partial charge in [-0.25, -0.2) is 12.8 Å². The minimum atomic E-state index is -3.98. The topological polar surface area (TPSA) is 92.5 Å². The van der Waals surface area contributed by atoms with Crippen LogP contribution in [0.25, 0.3) is 0 Å². The van der Waals surface area contributed by atoms with Crippen LogP contribution in [0.1, 0.15) is 13.3 Å². The molecule has 0 radical (unpaired) electrons. The maximum Gasteiger partial charge on any atom is 0.245 e. The number of hydrogen-bond acceptors (Lipinski definition) is 4. The van der Waals surface area contributed by atoms with Crippen LogP contribution in [0.5, 0.6) is 0 Å². The summed E-state index contributed by atoms with van der Waals surface area (Å²) in [7, 11) is -2.72. The molecule has 1 aromatic rings. The molecule has 0 aliphatic rings. The molecule has 0 saturated carbocycles. The van der Waals surface area contributed by atoms with Crippen molar-refractivity contribution < 1.29 is 17.6 Å². The second-order valence-corrected chi connectivity index (χ2v) is 7.28. The lowest BCUT2D eigenvalue weighted by molar-refractivity contribution is -0.121. The number of hydrogen-bond donors (Lipinski definition) is 2. The zero-order valence-electron chi connectivity index (χ0n) is 11.7. The summed E-state index contributed by atoms with van der Waals surface area (Å²) in [5.41, 5.74) is 5.35. The summed E-state index contributed by atoms with van der Waals surface area (Å²) in [4.78, 5) is 11.3. The van der Waals surface area contributed by atoms with Gasteiger partial charge in [0.1, 0.15) is 10.7 Å². The van der Waals surface area contributed by atoms with Gasteiger partial charge >= 0.3 is 0 Å². The molecule has 9 heteroatoms. The van der Waals surface area contributed by atoms with Crippen molar-refractivity contribution in [2.45, 2.75) is 18.2 Å². The summed E-state index contributed by atoms with van der Waals surface area (Å²) in [6.45, 7) is 2.02. The Labute approximate surface area is 131 Å². The summed E-state index contributed by atoms with van der Waals surface area (Å²) >= 11 is 2.91. The Bertz CT molecular complexity index is 637. The van der Waals surface area contributed by atoms with Gasteiger partial charge in [0.2, 0.25) is 15.9 Å². The quantitative estimate of drug-likeness (QED) is 0.726. The number of carbonyl (C=O) groups is 1. The molecule has 0 aliphatic heterocycles. The van der Waals surface area contributed by atoms with Crippen molar-refractivity contribution in [3.63, 3.8) is 0 Å². The van der Waals surface area contributed by atoms with Crippen LogP contribution >= 0.6 is 15.9 Å². The second kappa shape index (κ2) is 7.19. The lowest BCUT2D eigenvalue weighted by atomic mass is 10.3. The van der Waals surface area contributed by atoms with E-state index in [1.807, 2.05) is 6.92 Å². The van der Waals surface area contributed by atoms with Crippen molar-refractivity contribution in [3.8, 4) is 0 Å². The third-order valence-electron chi connectivity index (χ3n) is 2.68. The molecule has 0 unspecified atom stereocenters. The zero-order chi connectivity index (χ0) is 16.2. The molecular formula is C12H17BrFN3O3S.